The molecule has 0 unspecified atom stereocenters. The van der Waals surface area contributed by atoms with Crippen molar-refractivity contribution in [2.24, 2.45) is 0 Å². The van der Waals surface area contributed by atoms with Crippen molar-refractivity contribution in [2.75, 3.05) is 13.1 Å². The number of ketones is 1. The van der Waals surface area contributed by atoms with Crippen molar-refractivity contribution >= 4 is 46.2 Å². The maximum atomic E-state index is 14.4. The molecule has 0 aliphatic carbocycles. The summed E-state index contributed by atoms with van der Waals surface area (Å²) in [7, 11) is 0. The molecular formula is C57H49N5O4S2. The summed E-state index contributed by atoms with van der Waals surface area (Å²) in [6, 6.07) is 53.2. The Kier molecular flexibility index (Phi) is 13.3. The van der Waals surface area contributed by atoms with Gasteiger partial charge in [-0.1, -0.05) is 158 Å². The van der Waals surface area contributed by atoms with Crippen molar-refractivity contribution < 1.29 is 19.2 Å². The second-order valence-electron chi connectivity index (χ2n) is 17.3. The zero-order valence-electron chi connectivity index (χ0n) is 37.3. The molecule has 2 aromatic heterocycles. The molecule has 3 amide bonds. The van der Waals surface area contributed by atoms with Gasteiger partial charge in [0.15, 0.2) is 5.78 Å². The number of carbonyl (C=O) groups is 4. The fourth-order valence-corrected chi connectivity index (χ4v) is 11.6. The molecule has 2 aliphatic rings. The van der Waals surface area contributed by atoms with Gasteiger partial charge >= 0.3 is 0 Å². The summed E-state index contributed by atoms with van der Waals surface area (Å²) in [6.45, 7) is 1.22. The lowest BCUT2D eigenvalue weighted by Crippen LogP contribution is -2.42. The molecule has 4 heterocycles. The maximum absolute atomic E-state index is 14.4. The van der Waals surface area contributed by atoms with Crippen LogP contribution in [0.5, 0.6) is 0 Å². The molecule has 6 aromatic carbocycles. The van der Waals surface area contributed by atoms with E-state index < -0.39 is 12.0 Å². The largest absolute Gasteiger partial charge is 0.336 e. The lowest BCUT2D eigenvalue weighted by Gasteiger charge is -2.28. The summed E-state index contributed by atoms with van der Waals surface area (Å²) in [5, 5.41) is 4.82. The van der Waals surface area contributed by atoms with Gasteiger partial charge in [-0.25, -0.2) is 9.97 Å². The van der Waals surface area contributed by atoms with Crippen LogP contribution >= 0.6 is 22.7 Å². The first-order valence-corrected chi connectivity index (χ1v) is 24.8. The van der Waals surface area contributed by atoms with E-state index in [2.05, 4.69) is 53.8 Å². The number of rotatable bonds is 14. The number of Topliss-reactive ketones (excluding diaryl/α,β-unsaturated/α-hetero) is 1. The predicted molar refractivity (Wildman–Crippen MR) is 269 cm³/mol. The monoisotopic (exact) mass is 931 g/mol. The summed E-state index contributed by atoms with van der Waals surface area (Å²) in [6.07, 6.45) is 7.28. The number of aromatic nitrogens is 2. The van der Waals surface area contributed by atoms with Crippen LogP contribution in [0.25, 0.3) is 32.0 Å². The molecule has 68 heavy (non-hydrogen) atoms. The number of thiazole rings is 2. The van der Waals surface area contributed by atoms with Crippen LogP contribution in [0.2, 0.25) is 0 Å². The lowest BCUT2D eigenvalue weighted by molar-refractivity contribution is -0.134. The molecule has 11 heteroatoms. The Balaban J connectivity index is 0.800. The third-order valence-corrected chi connectivity index (χ3v) is 15.3. The van der Waals surface area contributed by atoms with Crippen molar-refractivity contribution in [1.29, 1.82) is 0 Å². The second-order valence-corrected chi connectivity index (χ2v) is 19.4. The Morgan fingerprint density at radius 3 is 1.44 bits per heavy atom. The number of nitrogens with one attached hydrogen (secondary N) is 1. The predicted octanol–water partition coefficient (Wildman–Crippen LogP) is 12.2. The van der Waals surface area contributed by atoms with Crippen molar-refractivity contribution in [2.45, 2.75) is 56.1 Å². The van der Waals surface area contributed by atoms with E-state index in [1.165, 1.54) is 0 Å². The second kappa shape index (κ2) is 20.3. The van der Waals surface area contributed by atoms with Gasteiger partial charge in [-0.15, -0.1) is 22.7 Å². The van der Waals surface area contributed by atoms with Crippen LogP contribution in [0.15, 0.2) is 182 Å². The molecule has 8 aromatic rings. The molecular weight excluding hydrogens is 883 g/mol. The zero-order valence-corrected chi connectivity index (χ0v) is 39.0. The van der Waals surface area contributed by atoms with Gasteiger partial charge in [0.2, 0.25) is 11.8 Å². The van der Waals surface area contributed by atoms with Crippen LogP contribution in [0.4, 0.5) is 0 Å². The minimum absolute atomic E-state index is 0.0294. The Morgan fingerprint density at radius 2 is 0.941 bits per heavy atom. The molecule has 4 atom stereocenters. The first-order chi connectivity index (χ1) is 33.4. The zero-order chi connectivity index (χ0) is 46.4. The molecule has 0 saturated carbocycles. The fourth-order valence-electron chi connectivity index (χ4n) is 9.44. The van der Waals surface area contributed by atoms with E-state index in [-0.39, 0.29) is 42.0 Å². The summed E-state index contributed by atoms with van der Waals surface area (Å²) in [5.74, 6) is -1.08. The van der Waals surface area contributed by atoms with Gasteiger partial charge in [-0.2, -0.15) is 0 Å². The minimum Gasteiger partial charge on any atom is -0.336 e. The lowest BCUT2D eigenvalue weighted by atomic mass is 9.90. The Hall–Kier alpha value is -7.34. The normalized spacial score (nSPS) is 16.6. The minimum atomic E-state index is -0.825. The molecule has 0 spiro atoms. The molecule has 2 saturated heterocycles. The van der Waals surface area contributed by atoms with Crippen LogP contribution in [-0.2, 0) is 9.59 Å². The van der Waals surface area contributed by atoms with Crippen LogP contribution in [0.3, 0.4) is 0 Å². The molecule has 2 aliphatic heterocycles. The third kappa shape index (κ3) is 9.58. The number of likely N-dealkylation sites (tertiary alicyclic amines) is 2. The van der Waals surface area contributed by atoms with E-state index >= 15 is 0 Å². The Labute approximate surface area is 404 Å². The molecule has 9 nitrogen and oxygen atoms in total. The summed E-state index contributed by atoms with van der Waals surface area (Å²) < 4.78 is 0. The summed E-state index contributed by atoms with van der Waals surface area (Å²) in [4.78, 5) is 71.0. The smallest absolute Gasteiger partial charge is 0.252 e. The SMILES string of the molecule is O=C(C[C@@H](C(=O)N1CCC[C@H]1c1ncc(-c2ccc(-c3ccc(-c4cnc([C@@H]5CCCN5C(=O)[C@H](NC(=O)c5ccccc5)c5ccccc5)s4)cc3)cc2)s1)c1ccccc1)c1ccccc1. The highest BCUT2D eigenvalue weighted by Gasteiger charge is 2.39. The van der Waals surface area contributed by atoms with Gasteiger partial charge in [-0.05, 0) is 71.2 Å². The van der Waals surface area contributed by atoms with Gasteiger partial charge in [0, 0.05) is 43.0 Å². The van der Waals surface area contributed by atoms with E-state index in [9.17, 15) is 19.2 Å². The quantitative estimate of drug-likeness (QED) is 0.109. The number of amides is 3. The maximum Gasteiger partial charge on any atom is 0.252 e. The molecule has 0 bridgehead atoms. The van der Waals surface area contributed by atoms with E-state index in [1.807, 2.05) is 131 Å². The van der Waals surface area contributed by atoms with Gasteiger partial charge in [0.05, 0.1) is 27.8 Å². The average Bonchev–Trinajstić information content (AvgIpc) is 4.26. The summed E-state index contributed by atoms with van der Waals surface area (Å²) >= 11 is 3.23. The van der Waals surface area contributed by atoms with Crippen molar-refractivity contribution in [3.63, 3.8) is 0 Å². The Morgan fingerprint density at radius 1 is 0.515 bits per heavy atom. The van der Waals surface area contributed by atoms with Crippen molar-refractivity contribution in [1.82, 2.24) is 25.1 Å². The molecule has 2 fully saturated rings. The first-order valence-electron chi connectivity index (χ1n) is 23.2. The van der Waals surface area contributed by atoms with Gasteiger partial charge in [0.1, 0.15) is 16.1 Å². The van der Waals surface area contributed by atoms with E-state index in [0.29, 0.717) is 24.2 Å². The number of nitrogens with zero attached hydrogens (tertiary/aromatic N) is 4. The average molecular weight is 932 g/mol. The molecule has 338 valence electrons. The summed E-state index contributed by atoms with van der Waals surface area (Å²) in [5.41, 5.74) is 7.00. The van der Waals surface area contributed by atoms with Gasteiger partial charge < -0.3 is 15.1 Å². The highest BCUT2D eigenvalue weighted by Crippen LogP contribution is 2.42. The van der Waals surface area contributed by atoms with Crippen LogP contribution in [0, 0.1) is 0 Å². The number of benzene rings is 6. The van der Waals surface area contributed by atoms with E-state index in [1.54, 1.807) is 34.8 Å². The van der Waals surface area contributed by atoms with Crippen molar-refractivity contribution in [3.8, 4) is 32.0 Å². The van der Waals surface area contributed by atoms with Crippen molar-refractivity contribution in [3.05, 3.63) is 215 Å². The van der Waals surface area contributed by atoms with Crippen LogP contribution in [0.1, 0.15) is 98.0 Å². The highest BCUT2D eigenvalue weighted by atomic mass is 32.1. The standard InChI is InChI=1S/C57H49N5O4S2/c63-49(41-17-7-2-8-18-41)35-46(40-15-5-1-6-16-40)56(65)61-33-13-23-47(61)54-58-36-50(67-54)42-29-25-38(26-30-42)39-27-31-43(32-28-39)51-37-59-55(68-51)48-24-14-34-62(48)57(66)52(44-19-9-3-10-20-44)60-53(64)45-21-11-4-12-22-45/h1-12,15-22,25-32,36-37,46-48,52H,13-14,23-24,33-35H2,(H,60,64)/t46-,47+,48+,52-/m1/s1. The molecule has 1 N–H and O–H groups in total. The van der Waals surface area contributed by atoms with Crippen LogP contribution < -0.4 is 5.32 Å². The van der Waals surface area contributed by atoms with Gasteiger partial charge in [0.25, 0.3) is 5.91 Å². The molecule has 0 radical (unpaired) electrons. The number of hydrogen-bond donors (Lipinski definition) is 1. The third-order valence-electron chi connectivity index (χ3n) is 13.0. The van der Waals surface area contributed by atoms with E-state index in [0.717, 1.165) is 78.8 Å². The molecule has 10 rings (SSSR count). The number of hydrogen-bond acceptors (Lipinski definition) is 8. The number of carbonyl (C=O) groups excluding carboxylic acids is 4. The fraction of sp³-hybridized carbons (Fsp3) is 0.193. The highest BCUT2D eigenvalue weighted by molar-refractivity contribution is 7.15. The Bertz CT molecular complexity index is 2810. The van der Waals surface area contributed by atoms with Gasteiger partial charge in [-0.3, -0.25) is 19.2 Å². The van der Waals surface area contributed by atoms with Crippen LogP contribution in [-0.4, -0.2) is 56.4 Å². The topological polar surface area (TPSA) is 113 Å². The van der Waals surface area contributed by atoms with E-state index in [4.69, 9.17) is 9.97 Å². The first kappa shape index (κ1) is 44.5.